The van der Waals surface area contributed by atoms with Crippen molar-refractivity contribution < 1.29 is 4.74 Å². The van der Waals surface area contributed by atoms with E-state index in [1.165, 1.54) is 12.1 Å². The number of piperidine rings is 1. The largest absolute Gasteiger partial charge is 0.497 e. The molecule has 1 aliphatic rings. The van der Waals surface area contributed by atoms with Gasteiger partial charge in [0.2, 0.25) is 0 Å². The van der Waals surface area contributed by atoms with E-state index in [2.05, 4.69) is 52.1 Å². The first-order valence-corrected chi connectivity index (χ1v) is 7.76. The Hall–Kier alpha value is -0.740. The first-order valence-electron chi connectivity index (χ1n) is 6.97. The molecule has 2 rings (SSSR count). The van der Waals surface area contributed by atoms with Gasteiger partial charge in [-0.25, -0.2) is 0 Å². The highest BCUT2D eigenvalue weighted by Gasteiger charge is 2.25. The zero-order valence-electron chi connectivity index (χ0n) is 11.9. The standard InChI is InChI=1S/C15H23BrN2O/c1-4-17-15-5-6-18(10-11(15)2)13-7-12(16)8-14(9-13)19-3/h7-9,11,15,17H,4-6,10H2,1-3H3. The average molecular weight is 327 g/mol. The molecular weight excluding hydrogens is 304 g/mol. The van der Waals surface area contributed by atoms with E-state index in [9.17, 15) is 0 Å². The highest BCUT2D eigenvalue weighted by atomic mass is 79.9. The zero-order valence-corrected chi connectivity index (χ0v) is 13.5. The molecule has 0 aliphatic carbocycles. The van der Waals surface area contributed by atoms with E-state index in [1.807, 2.05) is 6.07 Å². The lowest BCUT2D eigenvalue weighted by Gasteiger charge is -2.38. The van der Waals surface area contributed by atoms with Crippen LogP contribution in [0.25, 0.3) is 0 Å². The minimum atomic E-state index is 0.648. The Balaban J connectivity index is 2.09. The number of rotatable bonds is 4. The Bertz CT molecular complexity index is 425. The molecule has 106 valence electrons. The van der Waals surface area contributed by atoms with Gasteiger partial charge in [0.15, 0.2) is 0 Å². The first kappa shape index (κ1) is 14.7. The number of halogens is 1. The van der Waals surface area contributed by atoms with Gasteiger partial charge in [0.1, 0.15) is 5.75 Å². The molecule has 0 radical (unpaired) electrons. The maximum Gasteiger partial charge on any atom is 0.122 e. The van der Waals surface area contributed by atoms with Crippen LogP contribution in [0.2, 0.25) is 0 Å². The van der Waals surface area contributed by atoms with Crippen molar-refractivity contribution in [2.24, 2.45) is 5.92 Å². The Morgan fingerprint density at radius 3 is 2.84 bits per heavy atom. The van der Waals surface area contributed by atoms with Crippen molar-refractivity contribution in [1.29, 1.82) is 0 Å². The molecule has 3 nitrogen and oxygen atoms in total. The highest BCUT2D eigenvalue weighted by Crippen LogP contribution is 2.30. The van der Waals surface area contributed by atoms with E-state index >= 15 is 0 Å². The third-order valence-corrected chi connectivity index (χ3v) is 4.29. The van der Waals surface area contributed by atoms with Crippen molar-refractivity contribution in [2.75, 3.05) is 31.6 Å². The van der Waals surface area contributed by atoms with Gasteiger partial charge in [-0.3, -0.25) is 0 Å². The topological polar surface area (TPSA) is 24.5 Å². The second kappa shape index (κ2) is 6.62. The molecule has 0 saturated carbocycles. The van der Waals surface area contributed by atoms with Gasteiger partial charge in [0, 0.05) is 35.4 Å². The summed E-state index contributed by atoms with van der Waals surface area (Å²) < 4.78 is 6.42. The molecule has 0 aromatic heterocycles. The normalized spacial score (nSPS) is 23.5. The SMILES string of the molecule is CCNC1CCN(c2cc(Br)cc(OC)c2)CC1C. The summed E-state index contributed by atoms with van der Waals surface area (Å²) in [6.07, 6.45) is 1.20. The Kier molecular flexibility index (Phi) is 5.11. The number of anilines is 1. The molecule has 19 heavy (non-hydrogen) atoms. The van der Waals surface area contributed by atoms with E-state index < -0.39 is 0 Å². The van der Waals surface area contributed by atoms with Crippen molar-refractivity contribution in [1.82, 2.24) is 5.32 Å². The highest BCUT2D eigenvalue weighted by molar-refractivity contribution is 9.10. The average Bonchev–Trinajstić information content (AvgIpc) is 2.40. The fourth-order valence-corrected chi connectivity index (χ4v) is 3.25. The van der Waals surface area contributed by atoms with Crippen LogP contribution in [0, 0.1) is 5.92 Å². The number of nitrogens with zero attached hydrogens (tertiary/aromatic N) is 1. The Labute approximate surface area is 124 Å². The summed E-state index contributed by atoms with van der Waals surface area (Å²) >= 11 is 3.55. The monoisotopic (exact) mass is 326 g/mol. The third kappa shape index (κ3) is 3.63. The van der Waals surface area contributed by atoms with Crippen LogP contribution in [0.3, 0.4) is 0 Å². The van der Waals surface area contributed by atoms with Crippen LogP contribution in [0.1, 0.15) is 20.3 Å². The van der Waals surface area contributed by atoms with Gasteiger partial charge in [0.25, 0.3) is 0 Å². The molecule has 0 amide bonds. The molecule has 1 heterocycles. The van der Waals surface area contributed by atoms with Crippen LogP contribution >= 0.6 is 15.9 Å². The van der Waals surface area contributed by atoms with Crippen LogP contribution in [0.4, 0.5) is 5.69 Å². The second-order valence-corrected chi connectivity index (χ2v) is 6.14. The molecule has 1 aromatic rings. The first-order chi connectivity index (χ1) is 9.13. The summed E-state index contributed by atoms with van der Waals surface area (Å²) in [6, 6.07) is 6.93. The predicted molar refractivity (Wildman–Crippen MR) is 84.2 cm³/mol. The summed E-state index contributed by atoms with van der Waals surface area (Å²) in [5.41, 5.74) is 1.24. The van der Waals surface area contributed by atoms with Gasteiger partial charge in [-0.05, 0) is 31.0 Å². The Morgan fingerprint density at radius 1 is 1.42 bits per heavy atom. The molecule has 0 spiro atoms. The summed E-state index contributed by atoms with van der Waals surface area (Å²) in [5.74, 6) is 1.57. The number of ether oxygens (including phenoxy) is 1. The molecule has 4 heteroatoms. The smallest absolute Gasteiger partial charge is 0.122 e. The van der Waals surface area contributed by atoms with Crippen LogP contribution < -0.4 is 15.0 Å². The van der Waals surface area contributed by atoms with Gasteiger partial charge < -0.3 is 15.0 Å². The second-order valence-electron chi connectivity index (χ2n) is 5.23. The molecule has 2 unspecified atom stereocenters. The number of nitrogens with one attached hydrogen (secondary N) is 1. The minimum Gasteiger partial charge on any atom is -0.497 e. The van der Waals surface area contributed by atoms with Gasteiger partial charge in [0.05, 0.1) is 7.11 Å². The van der Waals surface area contributed by atoms with E-state index in [1.54, 1.807) is 7.11 Å². The summed E-state index contributed by atoms with van der Waals surface area (Å²) in [6.45, 7) is 7.76. The van der Waals surface area contributed by atoms with Crippen LogP contribution in [-0.2, 0) is 0 Å². The number of methoxy groups -OCH3 is 1. The fraction of sp³-hybridized carbons (Fsp3) is 0.600. The lowest BCUT2D eigenvalue weighted by Crippen LogP contribution is -2.48. The summed E-state index contributed by atoms with van der Waals surface area (Å²) in [5, 5.41) is 3.58. The van der Waals surface area contributed by atoms with Crippen molar-refractivity contribution in [2.45, 2.75) is 26.3 Å². The lowest BCUT2D eigenvalue weighted by molar-refractivity contribution is 0.326. The quantitative estimate of drug-likeness (QED) is 0.918. The van der Waals surface area contributed by atoms with Crippen molar-refractivity contribution in [3.05, 3.63) is 22.7 Å². The van der Waals surface area contributed by atoms with E-state index in [-0.39, 0.29) is 0 Å². The number of hydrogen-bond acceptors (Lipinski definition) is 3. The van der Waals surface area contributed by atoms with Crippen LogP contribution in [0.5, 0.6) is 5.75 Å². The zero-order chi connectivity index (χ0) is 13.8. The predicted octanol–water partition coefficient (Wildman–Crippen LogP) is 3.28. The molecule has 2 atom stereocenters. The number of benzene rings is 1. The lowest BCUT2D eigenvalue weighted by atomic mass is 9.93. The maximum atomic E-state index is 5.34. The summed E-state index contributed by atoms with van der Waals surface area (Å²) in [7, 11) is 1.71. The molecule has 1 saturated heterocycles. The Morgan fingerprint density at radius 2 is 2.21 bits per heavy atom. The van der Waals surface area contributed by atoms with Crippen LogP contribution in [-0.4, -0.2) is 32.8 Å². The van der Waals surface area contributed by atoms with E-state index in [0.717, 1.165) is 29.9 Å². The van der Waals surface area contributed by atoms with Crippen LogP contribution in [0.15, 0.2) is 22.7 Å². The molecular formula is C15H23BrN2O. The van der Waals surface area contributed by atoms with Crippen molar-refractivity contribution in [3.63, 3.8) is 0 Å². The van der Waals surface area contributed by atoms with Gasteiger partial charge >= 0.3 is 0 Å². The van der Waals surface area contributed by atoms with Gasteiger partial charge in [-0.2, -0.15) is 0 Å². The molecule has 1 aliphatic heterocycles. The summed E-state index contributed by atoms with van der Waals surface area (Å²) in [4.78, 5) is 2.45. The maximum absolute atomic E-state index is 5.34. The third-order valence-electron chi connectivity index (χ3n) is 3.83. The molecule has 0 bridgehead atoms. The number of hydrogen-bond donors (Lipinski definition) is 1. The minimum absolute atomic E-state index is 0.648. The molecule has 1 N–H and O–H groups in total. The molecule has 1 aromatic carbocycles. The van der Waals surface area contributed by atoms with E-state index in [0.29, 0.717) is 12.0 Å². The molecule has 1 fully saturated rings. The van der Waals surface area contributed by atoms with Gasteiger partial charge in [-0.1, -0.05) is 29.8 Å². The van der Waals surface area contributed by atoms with Gasteiger partial charge in [-0.15, -0.1) is 0 Å². The van der Waals surface area contributed by atoms with E-state index in [4.69, 9.17) is 4.74 Å². The fourth-order valence-electron chi connectivity index (χ4n) is 2.79. The van der Waals surface area contributed by atoms with Crippen molar-refractivity contribution in [3.8, 4) is 5.75 Å². The van der Waals surface area contributed by atoms with Crippen molar-refractivity contribution >= 4 is 21.6 Å².